The summed E-state index contributed by atoms with van der Waals surface area (Å²) in [4.78, 5) is 66.0. The molecule has 2 aromatic rings. The van der Waals surface area contributed by atoms with Gasteiger partial charge in [-0.25, -0.2) is 4.79 Å². The van der Waals surface area contributed by atoms with Gasteiger partial charge in [0.25, 0.3) is 11.8 Å². The molecule has 1 aliphatic heterocycles. The molecule has 208 valence electrons. The number of amides is 3. The van der Waals surface area contributed by atoms with Crippen LogP contribution in [0.15, 0.2) is 60.7 Å². The smallest absolute Gasteiger partial charge is 0.408 e. The quantitative estimate of drug-likeness (QED) is 0.349. The van der Waals surface area contributed by atoms with Crippen LogP contribution in [0.4, 0.5) is 4.79 Å². The van der Waals surface area contributed by atoms with Crippen molar-refractivity contribution in [2.75, 3.05) is 13.1 Å². The first-order valence-electron chi connectivity index (χ1n) is 12.9. The molecular weight excluding hydrogens is 502 g/mol. The van der Waals surface area contributed by atoms with Crippen LogP contribution in [0.1, 0.15) is 44.7 Å². The van der Waals surface area contributed by atoms with E-state index in [9.17, 15) is 24.0 Å². The number of ether oxygens (including phenoxy) is 2. The van der Waals surface area contributed by atoms with Crippen molar-refractivity contribution < 1.29 is 33.4 Å². The first-order valence-corrected chi connectivity index (χ1v) is 12.9. The second-order valence-electron chi connectivity index (χ2n) is 10.3. The average Bonchev–Trinajstić information content (AvgIpc) is 3.44. The molecule has 10 nitrogen and oxygen atoms in total. The first kappa shape index (κ1) is 29.5. The predicted molar refractivity (Wildman–Crippen MR) is 142 cm³/mol. The van der Waals surface area contributed by atoms with E-state index in [1.54, 1.807) is 75.4 Å². The van der Waals surface area contributed by atoms with Crippen LogP contribution in [-0.2, 0) is 41.7 Å². The Hall–Kier alpha value is -4.05. The SMILES string of the molecule is CC(C)(C)OC(=O)CN(C(=O)C(=O)C1CCCN1)C(=O)C(Cc1ccccc1)NC(=O)OCc1ccccc1. The summed E-state index contributed by atoms with van der Waals surface area (Å²) in [6, 6.07) is 15.8. The van der Waals surface area contributed by atoms with E-state index >= 15 is 0 Å². The zero-order valence-corrected chi connectivity index (χ0v) is 22.5. The van der Waals surface area contributed by atoms with Crippen LogP contribution in [0.25, 0.3) is 0 Å². The predicted octanol–water partition coefficient (Wildman–Crippen LogP) is 2.54. The number of Topliss-reactive ketones (excluding diaryl/α,β-unsaturated/α-hetero) is 1. The van der Waals surface area contributed by atoms with Crippen LogP contribution >= 0.6 is 0 Å². The number of imide groups is 1. The highest BCUT2D eigenvalue weighted by atomic mass is 16.6. The van der Waals surface area contributed by atoms with E-state index in [2.05, 4.69) is 10.6 Å². The summed E-state index contributed by atoms with van der Waals surface area (Å²) in [5.41, 5.74) is 0.553. The van der Waals surface area contributed by atoms with Crippen LogP contribution in [0.3, 0.4) is 0 Å². The Morgan fingerprint density at radius 3 is 2.15 bits per heavy atom. The van der Waals surface area contributed by atoms with Crippen molar-refractivity contribution in [3.63, 3.8) is 0 Å². The van der Waals surface area contributed by atoms with Crippen LogP contribution < -0.4 is 10.6 Å². The second-order valence-corrected chi connectivity index (χ2v) is 10.3. The Labute approximate surface area is 228 Å². The van der Waals surface area contributed by atoms with Crippen molar-refractivity contribution in [1.29, 1.82) is 0 Å². The van der Waals surface area contributed by atoms with Crippen LogP contribution in [-0.4, -0.2) is 65.3 Å². The van der Waals surface area contributed by atoms with E-state index in [0.29, 0.717) is 29.8 Å². The van der Waals surface area contributed by atoms with Gasteiger partial charge in [-0.2, -0.15) is 0 Å². The third-order valence-electron chi connectivity index (χ3n) is 5.89. The number of esters is 1. The van der Waals surface area contributed by atoms with E-state index in [-0.39, 0.29) is 13.0 Å². The van der Waals surface area contributed by atoms with Crippen molar-refractivity contribution in [3.05, 3.63) is 71.8 Å². The van der Waals surface area contributed by atoms with E-state index < -0.39 is 53.9 Å². The van der Waals surface area contributed by atoms with Crippen LogP contribution in [0.2, 0.25) is 0 Å². The van der Waals surface area contributed by atoms with Gasteiger partial charge in [0.1, 0.15) is 24.8 Å². The van der Waals surface area contributed by atoms with Crippen molar-refractivity contribution >= 4 is 29.7 Å². The van der Waals surface area contributed by atoms with Gasteiger partial charge in [0.2, 0.25) is 5.78 Å². The van der Waals surface area contributed by atoms with Crippen molar-refractivity contribution in [1.82, 2.24) is 15.5 Å². The largest absolute Gasteiger partial charge is 0.459 e. The van der Waals surface area contributed by atoms with E-state index in [0.717, 1.165) is 5.56 Å². The summed E-state index contributed by atoms with van der Waals surface area (Å²) in [6.45, 7) is 4.69. The van der Waals surface area contributed by atoms with E-state index in [1.807, 2.05) is 6.07 Å². The molecule has 0 bridgehead atoms. The maximum absolute atomic E-state index is 13.8. The number of nitrogens with one attached hydrogen (secondary N) is 2. The number of alkyl carbamates (subject to hydrolysis) is 1. The van der Waals surface area contributed by atoms with Gasteiger partial charge in [-0.05, 0) is 51.3 Å². The number of hydrogen-bond donors (Lipinski definition) is 2. The van der Waals surface area contributed by atoms with Gasteiger partial charge in [-0.15, -0.1) is 0 Å². The highest BCUT2D eigenvalue weighted by Crippen LogP contribution is 2.14. The van der Waals surface area contributed by atoms with Gasteiger partial charge < -0.3 is 20.1 Å². The van der Waals surface area contributed by atoms with Gasteiger partial charge in [-0.1, -0.05) is 60.7 Å². The standard InChI is InChI=1S/C29H35N3O7/c1-29(2,3)39-24(33)18-32(27(36)25(34)22-15-10-16-30-22)26(35)23(17-20-11-6-4-7-12-20)31-28(37)38-19-21-13-8-5-9-14-21/h4-9,11-14,22-23,30H,10,15-19H2,1-3H3,(H,31,37). The fourth-order valence-electron chi connectivity index (χ4n) is 4.09. The molecule has 1 saturated heterocycles. The minimum Gasteiger partial charge on any atom is -0.459 e. The molecule has 2 unspecified atom stereocenters. The summed E-state index contributed by atoms with van der Waals surface area (Å²) in [5.74, 6) is -3.74. The maximum Gasteiger partial charge on any atom is 0.408 e. The highest BCUT2D eigenvalue weighted by molar-refractivity contribution is 6.41. The van der Waals surface area contributed by atoms with Gasteiger partial charge >= 0.3 is 12.1 Å². The number of benzene rings is 2. The number of hydrogen-bond acceptors (Lipinski definition) is 8. The van der Waals surface area contributed by atoms with Crippen LogP contribution in [0.5, 0.6) is 0 Å². The topological polar surface area (TPSA) is 131 Å². The maximum atomic E-state index is 13.8. The number of nitrogens with zero attached hydrogens (tertiary/aromatic N) is 1. The number of carbonyl (C=O) groups is 5. The molecule has 3 rings (SSSR count). The molecule has 0 aromatic heterocycles. The molecule has 0 saturated carbocycles. The minimum absolute atomic E-state index is 0.00588. The number of ketones is 1. The summed E-state index contributed by atoms with van der Waals surface area (Å²) >= 11 is 0. The van der Waals surface area contributed by atoms with Gasteiger partial charge in [-0.3, -0.25) is 24.1 Å². The van der Waals surface area contributed by atoms with Crippen molar-refractivity contribution in [2.45, 2.75) is 64.3 Å². The van der Waals surface area contributed by atoms with E-state index in [4.69, 9.17) is 9.47 Å². The molecule has 0 spiro atoms. The molecule has 0 aliphatic carbocycles. The average molecular weight is 538 g/mol. The summed E-state index contributed by atoms with van der Waals surface area (Å²) in [7, 11) is 0. The van der Waals surface area contributed by atoms with Crippen molar-refractivity contribution in [3.8, 4) is 0 Å². The highest BCUT2D eigenvalue weighted by Gasteiger charge is 2.39. The summed E-state index contributed by atoms with van der Waals surface area (Å²) in [5, 5.41) is 5.46. The zero-order chi connectivity index (χ0) is 28.4. The van der Waals surface area contributed by atoms with Gasteiger partial charge in [0.05, 0.1) is 6.04 Å². The molecule has 0 radical (unpaired) electrons. The Morgan fingerprint density at radius 1 is 0.974 bits per heavy atom. The fourth-order valence-corrected chi connectivity index (χ4v) is 4.09. The number of rotatable bonds is 10. The zero-order valence-electron chi connectivity index (χ0n) is 22.5. The van der Waals surface area contributed by atoms with Crippen molar-refractivity contribution in [2.24, 2.45) is 0 Å². The third-order valence-corrected chi connectivity index (χ3v) is 5.89. The molecule has 1 heterocycles. The van der Waals surface area contributed by atoms with E-state index in [1.165, 1.54) is 0 Å². The first-order chi connectivity index (χ1) is 18.5. The Bertz CT molecular complexity index is 1160. The Morgan fingerprint density at radius 2 is 1.59 bits per heavy atom. The lowest BCUT2D eigenvalue weighted by Gasteiger charge is -2.27. The molecule has 1 fully saturated rings. The fraction of sp³-hybridized carbons (Fsp3) is 0.414. The molecule has 39 heavy (non-hydrogen) atoms. The molecular formula is C29H35N3O7. The normalized spacial score (nSPS) is 15.6. The molecule has 2 aromatic carbocycles. The molecule has 2 atom stereocenters. The molecule has 10 heteroatoms. The molecule has 2 N–H and O–H groups in total. The summed E-state index contributed by atoms with van der Waals surface area (Å²) in [6.07, 6.45) is 0.251. The lowest BCUT2D eigenvalue weighted by molar-refractivity contribution is -0.164. The Balaban J connectivity index is 1.84. The number of carbonyl (C=O) groups excluding carboxylic acids is 5. The monoisotopic (exact) mass is 537 g/mol. The summed E-state index contributed by atoms with van der Waals surface area (Å²) < 4.78 is 10.6. The molecule has 1 aliphatic rings. The lowest BCUT2D eigenvalue weighted by Crippen LogP contribution is -2.56. The molecule has 3 amide bonds. The van der Waals surface area contributed by atoms with Gasteiger partial charge in [0.15, 0.2) is 0 Å². The minimum atomic E-state index is -1.30. The van der Waals surface area contributed by atoms with Gasteiger partial charge in [0, 0.05) is 6.42 Å². The Kier molecular flexibility index (Phi) is 10.3. The third kappa shape index (κ3) is 9.33. The van der Waals surface area contributed by atoms with Crippen LogP contribution in [0, 0.1) is 0 Å². The lowest BCUT2D eigenvalue weighted by atomic mass is 10.0. The second kappa shape index (κ2) is 13.7.